The van der Waals surface area contributed by atoms with Crippen LogP contribution in [0.25, 0.3) is 0 Å². The van der Waals surface area contributed by atoms with Crippen molar-refractivity contribution in [1.29, 1.82) is 0 Å². The first kappa shape index (κ1) is 18.0. The number of halogens is 1. The molecule has 1 aromatic heterocycles. The number of rotatable bonds is 3. The number of aliphatic carboxylic acids is 1. The molecule has 9 heteroatoms. The molecule has 136 valence electrons. The molecule has 2 aliphatic heterocycles. The van der Waals surface area contributed by atoms with E-state index < -0.39 is 11.9 Å². The molecular weight excluding hydrogens is 360 g/mol. The minimum Gasteiger partial charge on any atom is -0.478 e. The van der Waals surface area contributed by atoms with Gasteiger partial charge in [0.25, 0.3) is 0 Å². The number of fused-ring (bicyclic) bond motifs is 1. The van der Waals surface area contributed by atoms with E-state index in [0.29, 0.717) is 48.4 Å². The number of nitrogens with zero attached hydrogens (tertiary/aromatic N) is 3. The predicted octanol–water partition coefficient (Wildman–Crippen LogP) is 1.27. The highest BCUT2D eigenvalue weighted by Gasteiger charge is 2.30. The first-order valence-electron chi connectivity index (χ1n) is 8.04. The minimum atomic E-state index is -1.14. The number of carboxylic acids is 1. The lowest BCUT2D eigenvalue weighted by molar-refractivity contribution is -0.133. The molecule has 0 saturated carbocycles. The summed E-state index contributed by atoms with van der Waals surface area (Å²) in [5, 5.41) is 12.5. The maximum absolute atomic E-state index is 11.5. The van der Waals surface area contributed by atoms with Gasteiger partial charge < -0.3 is 20.2 Å². The standard InChI is InChI=1S/C17H17ClN4O4/c1-10(24)21-3-5-22(6-4-21)16-14(18)8-12-11(2-7-23)13(17(25)26)9-19-15(12)20-16/h2,8-9,11H,3-6H2,1H3,(H,19,20)(H,25,26). The fraction of sp³-hybridized carbons (Fsp3) is 0.353. The second-order valence-electron chi connectivity index (χ2n) is 6.04. The fourth-order valence-electron chi connectivity index (χ4n) is 3.15. The highest BCUT2D eigenvalue weighted by Crippen LogP contribution is 2.39. The van der Waals surface area contributed by atoms with Gasteiger partial charge in [-0.05, 0) is 6.07 Å². The molecule has 3 heterocycles. The van der Waals surface area contributed by atoms with Crippen LogP contribution in [0.3, 0.4) is 0 Å². The second kappa shape index (κ2) is 7.19. The summed E-state index contributed by atoms with van der Waals surface area (Å²) in [7, 11) is 0. The van der Waals surface area contributed by atoms with Crippen LogP contribution in [-0.2, 0) is 14.4 Å². The molecule has 0 spiro atoms. The van der Waals surface area contributed by atoms with Crippen molar-refractivity contribution in [2.24, 2.45) is 0 Å². The van der Waals surface area contributed by atoms with Crippen LogP contribution in [0.2, 0.25) is 5.02 Å². The third-order valence-electron chi connectivity index (χ3n) is 4.53. The molecule has 1 unspecified atom stereocenters. The normalized spacial score (nSPS) is 19.0. The van der Waals surface area contributed by atoms with Crippen molar-refractivity contribution in [2.75, 3.05) is 36.4 Å². The minimum absolute atomic E-state index is 0.0153. The number of amides is 1. The Kier molecular flexibility index (Phi) is 4.97. The highest BCUT2D eigenvalue weighted by molar-refractivity contribution is 6.33. The van der Waals surface area contributed by atoms with E-state index in [4.69, 9.17) is 11.6 Å². The van der Waals surface area contributed by atoms with E-state index in [2.05, 4.69) is 10.3 Å². The number of allylic oxidation sites excluding steroid dienone is 1. The van der Waals surface area contributed by atoms with Gasteiger partial charge in [-0.15, -0.1) is 0 Å². The number of nitrogens with one attached hydrogen (secondary N) is 1. The molecule has 2 aliphatic rings. The molecule has 26 heavy (non-hydrogen) atoms. The summed E-state index contributed by atoms with van der Waals surface area (Å²) in [6.45, 7) is 3.89. The first-order valence-corrected chi connectivity index (χ1v) is 8.42. The molecule has 1 amide bonds. The zero-order valence-corrected chi connectivity index (χ0v) is 14.8. The maximum atomic E-state index is 11.5. The van der Waals surface area contributed by atoms with Gasteiger partial charge in [0.1, 0.15) is 17.6 Å². The van der Waals surface area contributed by atoms with E-state index in [1.807, 2.05) is 4.90 Å². The summed E-state index contributed by atoms with van der Waals surface area (Å²) >= 11 is 6.39. The summed E-state index contributed by atoms with van der Waals surface area (Å²) in [6, 6.07) is 1.62. The monoisotopic (exact) mass is 376 g/mol. The summed E-state index contributed by atoms with van der Waals surface area (Å²) in [5.74, 6) is 0.778. The van der Waals surface area contributed by atoms with Crippen LogP contribution >= 0.6 is 11.6 Å². The summed E-state index contributed by atoms with van der Waals surface area (Å²) < 4.78 is 0. The molecule has 0 aromatic carbocycles. The van der Waals surface area contributed by atoms with Crippen LogP contribution in [0.4, 0.5) is 11.6 Å². The number of hydrogen-bond donors (Lipinski definition) is 2. The second-order valence-corrected chi connectivity index (χ2v) is 6.44. The lowest BCUT2D eigenvalue weighted by Crippen LogP contribution is -2.48. The smallest absolute Gasteiger partial charge is 0.334 e. The molecule has 2 N–H and O–H groups in total. The highest BCUT2D eigenvalue weighted by atomic mass is 35.5. The van der Waals surface area contributed by atoms with Crippen molar-refractivity contribution in [1.82, 2.24) is 9.88 Å². The van der Waals surface area contributed by atoms with E-state index in [1.54, 1.807) is 16.9 Å². The van der Waals surface area contributed by atoms with Gasteiger partial charge in [-0.1, -0.05) is 11.6 Å². The van der Waals surface area contributed by atoms with Crippen LogP contribution in [0.5, 0.6) is 0 Å². The third kappa shape index (κ3) is 3.29. The van der Waals surface area contributed by atoms with Crippen LogP contribution in [0.15, 0.2) is 23.9 Å². The zero-order valence-electron chi connectivity index (χ0n) is 14.0. The topological polar surface area (TPSA) is 103 Å². The number of hydrogen-bond acceptors (Lipinski definition) is 6. The Balaban J connectivity index is 1.92. The maximum Gasteiger partial charge on any atom is 0.334 e. The van der Waals surface area contributed by atoms with Gasteiger partial charge in [-0.25, -0.2) is 14.6 Å². The van der Waals surface area contributed by atoms with Gasteiger partial charge in [0.15, 0.2) is 0 Å². The number of aromatic nitrogens is 1. The number of anilines is 2. The van der Waals surface area contributed by atoms with Crippen LogP contribution < -0.4 is 10.2 Å². The molecule has 1 atom stereocenters. The SMILES string of the molecule is CC(=O)N1CCN(c2nc3c(cc2Cl)C(C=C=O)C(C(=O)O)=CN3)CC1. The fourth-order valence-corrected chi connectivity index (χ4v) is 3.43. The van der Waals surface area contributed by atoms with Crippen LogP contribution in [0.1, 0.15) is 18.4 Å². The Hall–Kier alpha value is -2.83. The van der Waals surface area contributed by atoms with Gasteiger partial charge in [-0.3, -0.25) is 4.79 Å². The number of piperazine rings is 1. The predicted molar refractivity (Wildman–Crippen MR) is 96.1 cm³/mol. The third-order valence-corrected chi connectivity index (χ3v) is 4.81. The number of carbonyl (C=O) groups is 2. The molecule has 1 fully saturated rings. The summed E-state index contributed by atoms with van der Waals surface area (Å²) in [5.41, 5.74) is 0.519. The molecule has 0 radical (unpaired) electrons. The van der Waals surface area contributed by atoms with E-state index in [0.717, 1.165) is 6.08 Å². The van der Waals surface area contributed by atoms with Crippen molar-refractivity contribution in [3.05, 3.63) is 34.5 Å². The first-order chi connectivity index (χ1) is 12.4. The number of pyridine rings is 1. The zero-order chi connectivity index (χ0) is 18.8. The molecule has 8 nitrogen and oxygen atoms in total. The van der Waals surface area contributed by atoms with Crippen molar-refractivity contribution < 1.29 is 19.5 Å². The van der Waals surface area contributed by atoms with Crippen molar-refractivity contribution in [3.63, 3.8) is 0 Å². The quantitative estimate of drug-likeness (QED) is 0.765. The molecule has 0 aliphatic carbocycles. The largest absolute Gasteiger partial charge is 0.478 e. The molecule has 1 saturated heterocycles. The van der Waals surface area contributed by atoms with Crippen molar-refractivity contribution in [3.8, 4) is 0 Å². The van der Waals surface area contributed by atoms with Gasteiger partial charge >= 0.3 is 5.97 Å². The molecular formula is C17H17ClN4O4. The molecule has 0 bridgehead atoms. The van der Waals surface area contributed by atoms with E-state index >= 15 is 0 Å². The Morgan fingerprint density at radius 2 is 2.08 bits per heavy atom. The summed E-state index contributed by atoms with van der Waals surface area (Å²) in [6.07, 6.45) is 2.46. The van der Waals surface area contributed by atoms with Gasteiger partial charge in [-0.2, -0.15) is 0 Å². The van der Waals surface area contributed by atoms with E-state index in [-0.39, 0.29) is 11.5 Å². The lowest BCUT2D eigenvalue weighted by Gasteiger charge is -2.36. The Morgan fingerprint density at radius 1 is 1.38 bits per heavy atom. The Morgan fingerprint density at radius 3 is 2.65 bits per heavy atom. The van der Waals surface area contributed by atoms with Crippen molar-refractivity contribution >= 4 is 41.1 Å². The van der Waals surface area contributed by atoms with Gasteiger partial charge in [0.05, 0.1) is 10.6 Å². The van der Waals surface area contributed by atoms with Gasteiger partial charge in [0, 0.05) is 56.9 Å². The lowest BCUT2D eigenvalue weighted by atomic mass is 9.89. The number of carbonyl (C=O) groups excluding carboxylic acids is 2. The van der Waals surface area contributed by atoms with Gasteiger partial charge in [0.2, 0.25) is 5.91 Å². The molecule has 3 rings (SSSR count). The van der Waals surface area contributed by atoms with Crippen LogP contribution in [-0.4, -0.2) is 59.0 Å². The van der Waals surface area contributed by atoms with E-state index in [9.17, 15) is 19.5 Å². The van der Waals surface area contributed by atoms with Crippen molar-refractivity contribution in [2.45, 2.75) is 12.8 Å². The Bertz CT molecular complexity index is 839. The Labute approximate surface area is 154 Å². The average molecular weight is 377 g/mol. The summed E-state index contributed by atoms with van der Waals surface area (Å²) in [4.78, 5) is 41.9. The van der Waals surface area contributed by atoms with Crippen LogP contribution in [0, 0.1) is 0 Å². The average Bonchev–Trinajstić information content (AvgIpc) is 2.61. The number of carboxylic acid groups (broad SMARTS) is 1. The molecule has 1 aromatic rings. The van der Waals surface area contributed by atoms with E-state index in [1.165, 1.54) is 13.1 Å².